The van der Waals surface area contributed by atoms with Gasteiger partial charge in [-0.3, -0.25) is 37.3 Å². The van der Waals surface area contributed by atoms with Crippen molar-refractivity contribution in [3.8, 4) is 0 Å². The zero-order valence-corrected chi connectivity index (χ0v) is 61.3. The molecule has 0 saturated carbocycles. The van der Waals surface area contributed by atoms with E-state index in [0.29, 0.717) is 31.6 Å². The molecule has 19 heteroatoms. The average molecular weight is 1340 g/mol. The molecule has 0 fully saturated rings. The molecule has 0 spiro atoms. The molecule has 0 aliphatic carbocycles. The SMILES string of the molecule is CCC(C)CCCCCCCCCCCCC(=O)OC[C@H](COP(=O)(O)OC[C@@H](O)COP(=O)(O)OC[C@@H](COC(=O)CCCCCCCCC(C)C)OC(=O)CCCCCCCCCCCC(C)C)OC(=O)CCCCCCCCCCCCCCCC(C)C. The highest BCUT2D eigenvalue weighted by Gasteiger charge is 2.30. The van der Waals surface area contributed by atoms with Gasteiger partial charge in [0.1, 0.15) is 19.3 Å². The van der Waals surface area contributed by atoms with E-state index in [4.69, 9.17) is 37.0 Å². The molecule has 0 aromatic heterocycles. The van der Waals surface area contributed by atoms with E-state index in [-0.39, 0.29) is 25.7 Å². The van der Waals surface area contributed by atoms with Crippen LogP contribution in [0.25, 0.3) is 0 Å². The Bertz CT molecular complexity index is 1800. The van der Waals surface area contributed by atoms with Crippen LogP contribution in [0.4, 0.5) is 0 Å². The predicted octanol–water partition coefficient (Wildman–Crippen LogP) is 20.5. The van der Waals surface area contributed by atoms with Crippen LogP contribution >= 0.6 is 15.6 Å². The van der Waals surface area contributed by atoms with Crippen LogP contribution in [0.2, 0.25) is 0 Å². The van der Waals surface area contributed by atoms with E-state index in [0.717, 1.165) is 114 Å². The van der Waals surface area contributed by atoms with Gasteiger partial charge in [-0.2, -0.15) is 0 Å². The number of carbonyl (C=O) groups is 4. The number of carbonyl (C=O) groups excluding carboxylic acids is 4. The van der Waals surface area contributed by atoms with Crippen LogP contribution in [0.5, 0.6) is 0 Å². The van der Waals surface area contributed by atoms with Crippen molar-refractivity contribution in [3.05, 3.63) is 0 Å². The normalized spacial score (nSPS) is 14.5. The number of hydrogen-bond acceptors (Lipinski definition) is 15. The quantitative estimate of drug-likeness (QED) is 0.0222. The summed E-state index contributed by atoms with van der Waals surface area (Å²) in [7, 11) is -9.91. The number of ether oxygens (including phenoxy) is 4. The van der Waals surface area contributed by atoms with Crippen LogP contribution in [0.15, 0.2) is 0 Å². The first-order valence-corrected chi connectivity index (χ1v) is 40.2. The predicted molar refractivity (Wildman–Crippen MR) is 367 cm³/mol. The third-order valence-corrected chi connectivity index (χ3v) is 18.8. The Morgan fingerprint density at radius 3 is 0.780 bits per heavy atom. The average Bonchev–Trinajstić information content (AvgIpc) is 2.12. The smallest absolute Gasteiger partial charge is 0.462 e. The molecule has 0 radical (unpaired) electrons. The van der Waals surface area contributed by atoms with Crippen LogP contribution < -0.4 is 0 Å². The number of phosphoric ester groups is 2. The highest BCUT2D eigenvalue weighted by Crippen LogP contribution is 2.45. The monoisotopic (exact) mass is 1340 g/mol. The van der Waals surface area contributed by atoms with E-state index in [9.17, 15) is 43.2 Å². The summed E-state index contributed by atoms with van der Waals surface area (Å²) in [4.78, 5) is 72.6. The summed E-state index contributed by atoms with van der Waals surface area (Å²) in [6.45, 7) is 14.1. The summed E-state index contributed by atoms with van der Waals surface area (Å²) < 4.78 is 68.3. The summed E-state index contributed by atoms with van der Waals surface area (Å²) >= 11 is 0. The van der Waals surface area contributed by atoms with Crippen LogP contribution in [0, 0.1) is 23.7 Å². The number of aliphatic hydroxyl groups is 1. The van der Waals surface area contributed by atoms with Gasteiger partial charge in [-0.05, 0) is 49.4 Å². The molecule has 0 aliphatic rings. The number of aliphatic hydroxyl groups excluding tert-OH is 1. The molecule has 3 N–H and O–H groups in total. The topological polar surface area (TPSA) is 237 Å². The number of unbranched alkanes of at least 4 members (excludes halogenated alkanes) is 34. The van der Waals surface area contributed by atoms with Gasteiger partial charge in [-0.1, -0.05) is 306 Å². The lowest BCUT2D eigenvalue weighted by Crippen LogP contribution is -2.30. The van der Waals surface area contributed by atoms with Crippen molar-refractivity contribution in [3.63, 3.8) is 0 Å². The maximum absolute atomic E-state index is 13.0. The lowest BCUT2D eigenvalue weighted by molar-refractivity contribution is -0.161. The standard InChI is InChI=1S/C72H140O17P2/c1-9-65(8)51-43-35-26-20-15-16-21-27-36-44-52-69(74)82-58-67(88-71(76)54-46-38-28-22-14-12-10-11-13-18-24-32-40-48-62(2)3)60-86-90(78,79)84-56-66(73)57-85-91(80,81)87-61-68(59-83-70(75)53-45-37-31-30-34-42-50-64(6)7)89-72(77)55-47-39-29-23-17-19-25-33-41-49-63(4)5/h62-68,73H,9-61H2,1-8H3,(H,78,79)(H,80,81)/t65?,66-,67-,68-/m1/s1. The Morgan fingerprint density at radius 1 is 0.308 bits per heavy atom. The molecular formula is C72H140O17P2. The first-order valence-electron chi connectivity index (χ1n) is 37.2. The molecular weight excluding hydrogens is 1200 g/mol. The molecule has 0 aromatic rings. The van der Waals surface area contributed by atoms with Crippen molar-refractivity contribution in [1.29, 1.82) is 0 Å². The zero-order chi connectivity index (χ0) is 67.5. The van der Waals surface area contributed by atoms with Crippen LogP contribution in [0.1, 0.15) is 357 Å². The molecule has 0 saturated heterocycles. The Kier molecular flexibility index (Phi) is 60.3. The molecule has 6 atom stereocenters. The number of rotatable bonds is 69. The zero-order valence-electron chi connectivity index (χ0n) is 59.5. The van der Waals surface area contributed by atoms with Gasteiger partial charge in [0.2, 0.25) is 0 Å². The highest BCUT2D eigenvalue weighted by atomic mass is 31.2. The summed E-state index contributed by atoms with van der Waals surface area (Å²) in [5.41, 5.74) is 0. The van der Waals surface area contributed by atoms with Gasteiger partial charge in [0.05, 0.1) is 26.4 Å². The molecule has 540 valence electrons. The van der Waals surface area contributed by atoms with Crippen molar-refractivity contribution in [2.75, 3.05) is 39.6 Å². The maximum atomic E-state index is 13.0. The van der Waals surface area contributed by atoms with E-state index in [1.165, 1.54) is 154 Å². The molecule has 91 heavy (non-hydrogen) atoms. The van der Waals surface area contributed by atoms with Gasteiger partial charge in [-0.25, -0.2) is 9.13 Å². The second kappa shape index (κ2) is 61.6. The fraction of sp³-hybridized carbons (Fsp3) is 0.944. The summed E-state index contributed by atoms with van der Waals surface area (Å²) in [6.07, 6.45) is 44.5. The van der Waals surface area contributed by atoms with Gasteiger partial charge in [0, 0.05) is 25.7 Å². The van der Waals surface area contributed by atoms with E-state index in [1.54, 1.807) is 0 Å². The lowest BCUT2D eigenvalue weighted by atomic mass is 9.99. The third kappa shape index (κ3) is 65.1. The Balaban J connectivity index is 5.25. The van der Waals surface area contributed by atoms with E-state index in [2.05, 4.69) is 55.4 Å². The minimum Gasteiger partial charge on any atom is -0.462 e. The maximum Gasteiger partial charge on any atom is 0.472 e. The molecule has 0 aliphatic heterocycles. The molecule has 17 nitrogen and oxygen atoms in total. The van der Waals surface area contributed by atoms with Gasteiger partial charge in [0.15, 0.2) is 12.2 Å². The van der Waals surface area contributed by atoms with E-state index in [1.807, 2.05) is 0 Å². The molecule has 0 rings (SSSR count). The number of esters is 4. The summed E-state index contributed by atoms with van der Waals surface area (Å²) in [5, 5.41) is 10.6. The van der Waals surface area contributed by atoms with Gasteiger partial charge in [-0.15, -0.1) is 0 Å². The van der Waals surface area contributed by atoms with E-state index >= 15 is 0 Å². The largest absolute Gasteiger partial charge is 0.472 e. The van der Waals surface area contributed by atoms with Gasteiger partial charge >= 0.3 is 39.5 Å². The Morgan fingerprint density at radius 2 is 0.527 bits per heavy atom. The molecule has 0 amide bonds. The van der Waals surface area contributed by atoms with Crippen molar-refractivity contribution in [1.82, 2.24) is 0 Å². The van der Waals surface area contributed by atoms with Crippen molar-refractivity contribution in [2.24, 2.45) is 23.7 Å². The van der Waals surface area contributed by atoms with Gasteiger partial charge in [0.25, 0.3) is 0 Å². The third-order valence-electron chi connectivity index (χ3n) is 16.9. The highest BCUT2D eigenvalue weighted by molar-refractivity contribution is 7.47. The van der Waals surface area contributed by atoms with E-state index < -0.39 is 97.5 Å². The number of hydrogen-bond donors (Lipinski definition) is 3. The van der Waals surface area contributed by atoms with Gasteiger partial charge < -0.3 is 33.8 Å². The lowest BCUT2D eigenvalue weighted by Gasteiger charge is -2.21. The molecule has 0 aromatic carbocycles. The molecule has 0 bridgehead atoms. The fourth-order valence-electron chi connectivity index (χ4n) is 10.8. The fourth-order valence-corrected chi connectivity index (χ4v) is 12.4. The second-order valence-corrected chi connectivity index (χ2v) is 30.6. The van der Waals surface area contributed by atoms with Crippen LogP contribution in [-0.4, -0.2) is 96.7 Å². The van der Waals surface area contributed by atoms with Crippen LogP contribution in [-0.2, 0) is 65.4 Å². The van der Waals surface area contributed by atoms with Crippen molar-refractivity contribution in [2.45, 2.75) is 375 Å². The minimum atomic E-state index is -4.95. The summed E-state index contributed by atoms with van der Waals surface area (Å²) in [6, 6.07) is 0. The van der Waals surface area contributed by atoms with Crippen molar-refractivity contribution >= 4 is 39.5 Å². The summed E-state index contributed by atoms with van der Waals surface area (Å²) in [5.74, 6) is 0.884. The Hall–Kier alpha value is -1.94. The molecule has 3 unspecified atom stereocenters. The van der Waals surface area contributed by atoms with Crippen molar-refractivity contribution < 1.29 is 80.2 Å². The minimum absolute atomic E-state index is 0.104. The molecule has 0 heterocycles. The number of phosphoric acid groups is 2. The van der Waals surface area contributed by atoms with Crippen LogP contribution in [0.3, 0.4) is 0 Å². The Labute approximate surface area is 556 Å². The first kappa shape index (κ1) is 89.1. The first-order chi connectivity index (χ1) is 43.6. The second-order valence-electron chi connectivity index (χ2n) is 27.6.